The number of benzene rings is 1. The highest BCUT2D eigenvalue weighted by Crippen LogP contribution is 2.46. The van der Waals surface area contributed by atoms with E-state index in [-0.39, 0.29) is 29.4 Å². The summed E-state index contributed by atoms with van der Waals surface area (Å²) in [6, 6.07) is 8.46. The second-order valence-electron chi connectivity index (χ2n) is 7.60. The molecule has 2 aliphatic rings. The first-order valence-corrected chi connectivity index (χ1v) is 9.47. The summed E-state index contributed by atoms with van der Waals surface area (Å²) >= 11 is 0. The molecule has 146 valence electrons. The van der Waals surface area contributed by atoms with Gasteiger partial charge in [0.1, 0.15) is 17.3 Å². The van der Waals surface area contributed by atoms with Crippen molar-refractivity contribution in [3.05, 3.63) is 59.9 Å². The van der Waals surface area contributed by atoms with E-state index in [4.69, 9.17) is 0 Å². The normalized spacial score (nSPS) is 24.6. The van der Waals surface area contributed by atoms with Crippen molar-refractivity contribution in [3.8, 4) is 0 Å². The molecule has 2 amide bonds. The van der Waals surface area contributed by atoms with Crippen LogP contribution < -0.4 is 10.2 Å². The van der Waals surface area contributed by atoms with Crippen molar-refractivity contribution in [3.63, 3.8) is 0 Å². The van der Waals surface area contributed by atoms with Crippen molar-refractivity contribution >= 4 is 17.5 Å². The molecule has 1 N–H and O–H groups in total. The van der Waals surface area contributed by atoms with Crippen molar-refractivity contribution in [2.24, 2.45) is 5.41 Å². The van der Waals surface area contributed by atoms with Crippen molar-refractivity contribution < 1.29 is 18.4 Å². The number of amides is 2. The Labute approximate surface area is 161 Å². The number of aromatic nitrogens is 1. The Hall–Kier alpha value is -2.83. The number of hydrogen-bond donors (Lipinski definition) is 1. The number of pyridine rings is 1. The maximum Gasteiger partial charge on any atom is 0.270 e. The van der Waals surface area contributed by atoms with Crippen molar-refractivity contribution in [1.29, 1.82) is 0 Å². The van der Waals surface area contributed by atoms with Crippen LogP contribution in [0.25, 0.3) is 0 Å². The number of nitrogens with zero attached hydrogens (tertiary/aromatic N) is 2. The van der Waals surface area contributed by atoms with Crippen LogP contribution in [0, 0.1) is 17.0 Å². The second-order valence-corrected chi connectivity index (χ2v) is 7.60. The van der Waals surface area contributed by atoms with Gasteiger partial charge in [0.05, 0.1) is 11.6 Å². The highest BCUT2D eigenvalue weighted by Gasteiger charge is 2.49. The largest absolute Gasteiger partial charge is 0.348 e. The molecule has 1 aliphatic heterocycles. The van der Waals surface area contributed by atoms with E-state index in [0.717, 1.165) is 25.5 Å². The van der Waals surface area contributed by atoms with E-state index >= 15 is 0 Å². The van der Waals surface area contributed by atoms with E-state index in [1.165, 1.54) is 24.3 Å². The Kier molecular flexibility index (Phi) is 4.83. The van der Waals surface area contributed by atoms with Crippen LogP contribution in [0.1, 0.15) is 42.6 Å². The molecule has 1 aromatic heterocycles. The number of carbonyl (C=O) groups excluding carboxylic acids is 2. The summed E-state index contributed by atoms with van der Waals surface area (Å²) in [6.07, 6.45) is 4.61. The van der Waals surface area contributed by atoms with E-state index < -0.39 is 11.2 Å². The fourth-order valence-electron chi connectivity index (χ4n) is 4.39. The minimum Gasteiger partial charge on any atom is -0.348 e. The molecule has 0 radical (unpaired) electrons. The zero-order valence-corrected chi connectivity index (χ0v) is 15.3. The standard InChI is InChI=1S/C21H21F2N3O2/c22-14-3-1-5-17(11-14)26-10-9-21(20(26)28)8-2-4-16(12-21)25-19(27)18-7-6-15(23)13-24-18/h1,3,5-7,11,13,16H,2,4,8-10,12H2,(H,25,27)/t16-,21?/m0/s1. The molecule has 1 unspecified atom stereocenters. The summed E-state index contributed by atoms with van der Waals surface area (Å²) in [5.41, 5.74) is 0.197. The maximum atomic E-state index is 13.6. The van der Waals surface area contributed by atoms with Crippen LogP contribution in [-0.2, 0) is 4.79 Å². The van der Waals surface area contributed by atoms with Crippen LogP contribution in [0.15, 0.2) is 42.6 Å². The third-order valence-electron chi connectivity index (χ3n) is 5.77. The lowest BCUT2D eigenvalue weighted by Gasteiger charge is -2.36. The van der Waals surface area contributed by atoms with Crippen LogP contribution in [0.5, 0.6) is 0 Å². The van der Waals surface area contributed by atoms with Gasteiger partial charge in [-0.3, -0.25) is 9.59 Å². The summed E-state index contributed by atoms with van der Waals surface area (Å²) in [6.45, 7) is 0.544. The summed E-state index contributed by atoms with van der Waals surface area (Å²) in [5.74, 6) is -1.24. The molecule has 2 fully saturated rings. The third kappa shape index (κ3) is 3.48. The lowest BCUT2D eigenvalue weighted by atomic mass is 9.71. The molecule has 0 bridgehead atoms. The first kappa shape index (κ1) is 18.5. The van der Waals surface area contributed by atoms with Crippen molar-refractivity contribution in [2.75, 3.05) is 11.4 Å². The lowest BCUT2D eigenvalue weighted by molar-refractivity contribution is -0.127. The van der Waals surface area contributed by atoms with E-state index in [1.807, 2.05) is 0 Å². The minimum absolute atomic E-state index is 0.00282. The summed E-state index contributed by atoms with van der Waals surface area (Å²) in [4.78, 5) is 31.0. The highest BCUT2D eigenvalue weighted by atomic mass is 19.1. The van der Waals surface area contributed by atoms with Gasteiger partial charge in [0.25, 0.3) is 5.91 Å². The zero-order valence-electron chi connectivity index (χ0n) is 15.3. The smallest absolute Gasteiger partial charge is 0.270 e. The highest BCUT2D eigenvalue weighted by molar-refractivity contribution is 6.00. The maximum absolute atomic E-state index is 13.6. The monoisotopic (exact) mass is 385 g/mol. The Balaban J connectivity index is 1.46. The Morgan fingerprint density at radius 2 is 2.04 bits per heavy atom. The summed E-state index contributed by atoms with van der Waals surface area (Å²) in [7, 11) is 0. The number of halogens is 2. The minimum atomic E-state index is -0.529. The molecular weight excluding hydrogens is 364 g/mol. The molecule has 5 nitrogen and oxygen atoms in total. The van der Waals surface area contributed by atoms with Crippen LogP contribution in [0.2, 0.25) is 0 Å². The van der Waals surface area contributed by atoms with Crippen molar-refractivity contribution in [1.82, 2.24) is 10.3 Å². The van der Waals surface area contributed by atoms with Gasteiger partial charge >= 0.3 is 0 Å². The van der Waals surface area contributed by atoms with Gasteiger partial charge in [-0.05, 0) is 56.0 Å². The van der Waals surface area contributed by atoms with Crippen molar-refractivity contribution in [2.45, 2.75) is 38.1 Å². The van der Waals surface area contributed by atoms with Gasteiger partial charge in [-0.1, -0.05) is 12.5 Å². The van der Waals surface area contributed by atoms with Gasteiger partial charge in [-0.25, -0.2) is 13.8 Å². The topological polar surface area (TPSA) is 62.3 Å². The van der Waals surface area contributed by atoms with E-state index in [2.05, 4.69) is 10.3 Å². The number of nitrogens with one attached hydrogen (secondary N) is 1. The molecule has 2 aromatic rings. The number of rotatable bonds is 3. The Morgan fingerprint density at radius 1 is 1.18 bits per heavy atom. The average Bonchev–Trinajstić information content (AvgIpc) is 2.98. The van der Waals surface area contributed by atoms with Gasteiger partial charge in [0.15, 0.2) is 0 Å². The molecule has 1 saturated carbocycles. The van der Waals surface area contributed by atoms with Gasteiger partial charge in [-0.15, -0.1) is 0 Å². The van der Waals surface area contributed by atoms with Gasteiger partial charge in [0, 0.05) is 18.3 Å². The molecule has 28 heavy (non-hydrogen) atoms. The van der Waals surface area contributed by atoms with E-state index in [1.54, 1.807) is 17.0 Å². The fraction of sp³-hybridized carbons (Fsp3) is 0.381. The molecule has 2 heterocycles. The quantitative estimate of drug-likeness (QED) is 0.880. The SMILES string of the molecule is O=C(N[C@H]1CCCC2(CCN(c3cccc(F)c3)C2=O)C1)c1ccc(F)cn1. The molecule has 1 aliphatic carbocycles. The van der Waals surface area contributed by atoms with Crippen LogP contribution in [0.3, 0.4) is 0 Å². The summed E-state index contributed by atoms with van der Waals surface area (Å²) < 4.78 is 26.6. The molecule has 2 atom stereocenters. The average molecular weight is 385 g/mol. The van der Waals surface area contributed by atoms with Crippen LogP contribution in [-0.4, -0.2) is 29.4 Å². The van der Waals surface area contributed by atoms with Gasteiger partial charge in [-0.2, -0.15) is 0 Å². The Morgan fingerprint density at radius 3 is 2.79 bits per heavy atom. The predicted octanol–water partition coefficient (Wildman–Crippen LogP) is 3.46. The zero-order chi connectivity index (χ0) is 19.7. The Bertz CT molecular complexity index is 903. The molecule has 1 saturated heterocycles. The van der Waals surface area contributed by atoms with E-state index in [9.17, 15) is 18.4 Å². The molecular formula is C21H21F2N3O2. The number of hydrogen-bond acceptors (Lipinski definition) is 3. The number of anilines is 1. The van der Waals surface area contributed by atoms with E-state index in [0.29, 0.717) is 25.1 Å². The van der Waals surface area contributed by atoms with Crippen LogP contribution >= 0.6 is 0 Å². The first-order chi connectivity index (χ1) is 13.5. The summed E-state index contributed by atoms with van der Waals surface area (Å²) in [5, 5.41) is 2.94. The van der Waals surface area contributed by atoms with Gasteiger partial charge in [0.2, 0.25) is 5.91 Å². The molecule has 1 aromatic carbocycles. The number of carbonyl (C=O) groups is 2. The molecule has 1 spiro atoms. The molecule has 4 rings (SSSR count). The molecule has 7 heteroatoms. The first-order valence-electron chi connectivity index (χ1n) is 9.47. The van der Waals surface area contributed by atoms with Crippen LogP contribution in [0.4, 0.5) is 14.5 Å². The third-order valence-corrected chi connectivity index (χ3v) is 5.77. The predicted molar refractivity (Wildman–Crippen MR) is 99.7 cm³/mol. The fourth-order valence-corrected chi connectivity index (χ4v) is 4.39. The van der Waals surface area contributed by atoms with Gasteiger partial charge < -0.3 is 10.2 Å². The lowest BCUT2D eigenvalue weighted by Crippen LogP contribution is -2.46. The second kappa shape index (κ2) is 7.30.